The highest BCUT2D eigenvalue weighted by atomic mass is 32.1. The first-order valence-corrected chi connectivity index (χ1v) is 23.6. The number of hydrogen-bond acceptors (Lipinski definition) is 3. The molecule has 0 spiro atoms. The molecular weight excluding hydrogens is 819 g/mol. The van der Waals surface area contributed by atoms with Gasteiger partial charge in [-0.3, -0.25) is 0 Å². The molecular formula is C63H43NOS. The Balaban J connectivity index is 0.950. The van der Waals surface area contributed by atoms with Gasteiger partial charge in [-0.05, 0) is 128 Å². The molecule has 0 fully saturated rings. The van der Waals surface area contributed by atoms with Crippen LogP contribution >= 0.6 is 11.3 Å². The van der Waals surface area contributed by atoms with Gasteiger partial charge >= 0.3 is 0 Å². The summed E-state index contributed by atoms with van der Waals surface area (Å²) in [4.78, 5) is 2.42. The number of anilines is 3. The van der Waals surface area contributed by atoms with E-state index in [9.17, 15) is 0 Å². The number of fused-ring (bicyclic) bond motifs is 9. The number of para-hydroxylation sites is 2. The van der Waals surface area contributed by atoms with Crippen LogP contribution in [0.25, 0.3) is 97.7 Å². The molecule has 0 saturated heterocycles. The van der Waals surface area contributed by atoms with Gasteiger partial charge in [-0.2, -0.15) is 0 Å². The highest BCUT2D eigenvalue weighted by Gasteiger charge is 2.35. The summed E-state index contributed by atoms with van der Waals surface area (Å²) in [7, 11) is 0. The molecule has 1 aliphatic rings. The average molecular weight is 862 g/mol. The summed E-state index contributed by atoms with van der Waals surface area (Å²) in [6.07, 6.45) is 0. The molecule has 0 N–H and O–H groups in total. The molecule has 2 aromatic heterocycles. The van der Waals surface area contributed by atoms with Crippen LogP contribution in [0.2, 0.25) is 0 Å². The molecule has 0 unspecified atom stereocenters. The summed E-state index contributed by atoms with van der Waals surface area (Å²) in [5.74, 6) is 0. The van der Waals surface area contributed by atoms with Crippen molar-refractivity contribution in [1.82, 2.24) is 0 Å². The van der Waals surface area contributed by atoms with Gasteiger partial charge in [-0.1, -0.05) is 172 Å². The first kappa shape index (κ1) is 38.5. The molecule has 2 nitrogen and oxygen atoms in total. The molecule has 2 heterocycles. The van der Waals surface area contributed by atoms with Crippen LogP contribution < -0.4 is 4.90 Å². The monoisotopic (exact) mass is 861 g/mol. The molecule has 10 aromatic carbocycles. The normalized spacial score (nSPS) is 12.8. The first-order valence-electron chi connectivity index (χ1n) is 22.7. The number of rotatable bonds is 7. The van der Waals surface area contributed by atoms with E-state index in [1.165, 1.54) is 70.2 Å². The lowest BCUT2D eigenvalue weighted by molar-refractivity contribution is 0.660. The van der Waals surface area contributed by atoms with Crippen molar-refractivity contribution in [3.05, 3.63) is 236 Å². The Labute approximate surface area is 388 Å². The molecule has 0 aliphatic heterocycles. The second kappa shape index (κ2) is 15.1. The lowest BCUT2D eigenvalue weighted by atomic mass is 9.82. The molecule has 0 atom stereocenters. The van der Waals surface area contributed by atoms with Crippen molar-refractivity contribution < 1.29 is 4.42 Å². The number of nitrogens with zero attached hydrogens (tertiary/aromatic N) is 1. The van der Waals surface area contributed by atoms with Gasteiger partial charge in [-0.15, -0.1) is 11.3 Å². The Bertz CT molecular complexity index is 3850. The van der Waals surface area contributed by atoms with Crippen LogP contribution in [-0.2, 0) is 5.41 Å². The van der Waals surface area contributed by atoms with E-state index in [4.69, 9.17) is 4.42 Å². The third-order valence-corrected chi connectivity index (χ3v) is 15.1. The fourth-order valence-electron chi connectivity index (χ4n) is 10.7. The Morgan fingerprint density at radius 2 is 0.939 bits per heavy atom. The summed E-state index contributed by atoms with van der Waals surface area (Å²) in [5.41, 5.74) is 19.9. The minimum absolute atomic E-state index is 0.0496. The lowest BCUT2D eigenvalue weighted by Crippen LogP contribution is -2.14. The molecule has 1 aliphatic carbocycles. The molecule has 13 rings (SSSR count). The number of furan rings is 1. The van der Waals surface area contributed by atoms with Gasteiger partial charge in [0.05, 0.1) is 5.69 Å². The molecule has 0 bridgehead atoms. The maximum absolute atomic E-state index is 6.31. The maximum Gasteiger partial charge on any atom is 0.136 e. The van der Waals surface area contributed by atoms with Crippen molar-refractivity contribution in [1.29, 1.82) is 0 Å². The maximum atomic E-state index is 6.31. The van der Waals surface area contributed by atoms with Crippen LogP contribution in [0.1, 0.15) is 25.0 Å². The third-order valence-electron chi connectivity index (χ3n) is 13.9. The van der Waals surface area contributed by atoms with Crippen LogP contribution in [-0.4, -0.2) is 0 Å². The van der Waals surface area contributed by atoms with Crippen LogP contribution in [0.4, 0.5) is 17.1 Å². The van der Waals surface area contributed by atoms with Gasteiger partial charge < -0.3 is 9.32 Å². The van der Waals surface area contributed by atoms with Gasteiger partial charge in [0.15, 0.2) is 0 Å². The number of hydrogen-bond donors (Lipinski definition) is 0. The van der Waals surface area contributed by atoms with Crippen molar-refractivity contribution in [2.45, 2.75) is 19.3 Å². The molecule has 12 aromatic rings. The van der Waals surface area contributed by atoms with Crippen LogP contribution in [0.5, 0.6) is 0 Å². The highest BCUT2D eigenvalue weighted by Crippen LogP contribution is 2.51. The minimum atomic E-state index is -0.0496. The average Bonchev–Trinajstić information content (AvgIpc) is 4.02. The second-order valence-electron chi connectivity index (χ2n) is 18.0. The zero-order valence-electron chi connectivity index (χ0n) is 36.6. The first-order chi connectivity index (χ1) is 32.5. The summed E-state index contributed by atoms with van der Waals surface area (Å²) < 4.78 is 8.94. The number of benzene rings is 10. The van der Waals surface area contributed by atoms with Crippen LogP contribution in [0.3, 0.4) is 0 Å². The molecule has 0 saturated carbocycles. The van der Waals surface area contributed by atoms with Crippen molar-refractivity contribution in [2.24, 2.45) is 0 Å². The van der Waals surface area contributed by atoms with E-state index in [0.717, 1.165) is 55.7 Å². The molecule has 0 radical (unpaired) electrons. The van der Waals surface area contributed by atoms with Crippen molar-refractivity contribution in [3.8, 4) is 55.6 Å². The van der Waals surface area contributed by atoms with Gasteiger partial charge in [0.1, 0.15) is 11.2 Å². The van der Waals surface area contributed by atoms with Crippen LogP contribution in [0.15, 0.2) is 229 Å². The predicted molar refractivity (Wildman–Crippen MR) is 281 cm³/mol. The summed E-state index contributed by atoms with van der Waals surface area (Å²) >= 11 is 1.86. The fraction of sp³-hybridized carbons (Fsp3) is 0.0476. The Kier molecular flexibility index (Phi) is 8.78. The van der Waals surface area contributed by atoms with E-state index >= 15 is 0 Å². The van der Waals surface area contributed by atoms with Gasteiger partial charge in [0.2, 0.25) is 0 Å². The van der Waals surface area contributed by atoms with Crippen LogP contribution in [0, 0.1) is 0 Å². The van der Waals surface area contributed by atoms with Crippen molar-refractivity contribution in [3.63, 3.8) is 0 Å². The largest absolute Gasteiger partial charge is 0.456 e. The predicted octanol–water partition coefficient (Wildman–Crippen LogP) is 18.4. The number of thiophene rings is 1. The molecule has 0 amide bonds. The van der Waals surface area contributed by atoms with E-state index in [1.807, 2.05) is 23.5 Å². The third kappa shape index (κ3) is 6.08. The van der Waals surface area contributed by atoms with Gasteiger partial charge in [-0.25, -0.2) is 0 Å². The van der Waals surface area contributed by atoms with E-state index in [0.29, 0.717) is 0 Å². The highest BCUT2D eigenvalue weighted by molar-refractivity contribution is 7.25. The zero-order valence-corrected chi connectivity index (χ0v) is 37.4. The standard InChI is InChI=1S/C63H43NOS/c1-63(2)55-21-9-5-16-49(55)53-39-43(30-36-56(53)63)46-14-3-4-15-48(46)50-17-6-10-22-57(50)64(44-32-26-40(27-33-44)42-31-37-61-54(38-42)51-18-8-12-25-60(51)66-61)45-34-28-41(29-35-45)47-20-13-24-59-62(47)52-19-7-11-23-58(52)65-59/h3-39H,1-2H3. The van der Waals surface area contributed by atoms with E-state index in [2.05, 4.69) is 231 Å². The molecule has 66 heavy (non-hydrogen) atoms. The lowest BCUT2D eigenvalue weighted by Gasteiger charge is -2.29. The van der Waals surface area contributed by atoms with Gasteiger partial charge in [0.25, 0.3) is 0 Å². The Morgan fingerprint density at radius 1 is 0.364 bits per heavy atom. The SMILES string of the molecule is CC1(C)c2ccccc2-c2cc(-c3ccccc3-c3ccccc3N(c3ccc(-c4ccc5sc6ccccc6c5c4)cc3)c3ccc(-c4cccc5oc6ccccc6c45)cc3)ccc21. The van der Waals surface area contributed by atoms with E-state index in [1.54, 1.807) is 0 Å². The Morgan fingerprint density at radius 3 is 1.76 bits per heavy atom. The van der Waals surface area contributed by atoms with E-state index < -0.39 is 0 Å². The van der Waals surface area contributed by atoms with E-state index in [-0.39, 0.29) is 5.41 Å². The summed E-state index contributed by atoms with van der Waals surface area (Å²) in [6, 6.07) is 82.2. The summed E-state index contributed by atoms with van der Waals surface area (Å²) in [5, 5.41) is 4.89. The zero-order chi connectivity index (χ0) is 43.9. The second-order valence-corrected chi connectivity index (χ2v) is 19.1. The smallest absolute Gasteiger partial charge is 0.136 e. The van der Waals surface area contributed by atoms with Crippen molar-refractivity contribution >= 4 is 70.5 Å². The quantitative estimate of drug-likeness (QED) is 0.159. The van der Waals surface area contributed by atoms with Crippen molar-refractivity contribution in [2.75, 3.05) is 4.90 Å². The molecule has 312 valence electrons. The fourth-order valence-corrected chi connectivity index (χ4v) is 11.8. The Hall–Kier alpha value is -7.98. The van der Waals surface area contributed by atoms with Gasteiger partial charge in [0, 0.05) is 53.3 Å². The summed E-state index contributed by atoms with van der Waals surface area (Å²) in [6.45, 7) is 4.69. The minimum Gasteiger partial charge on any atom is -0.456 e. The topological polar surface area (TPSA) is 16.4 Å². The molecule has 3 heteroatoms.